The fourth-order valence-electron chi connectivity index (χ4n) is 2.56. The SMILES string of the molecule is c1ccc(-c2nsc(NCc3cccc4c3OCCCO4)n2)cc1. The number of anilines is 1. The molecule has 0 saturated carbocycles. The van der Waals surface area contributed by atoms with Crippen LogP contribution in [0.1, 0.15) is 12.0 Å². The second-order valence-electron chi connectivity index (χ2n) is 5.44. The fourth-order valence-corrected chi connectivity index (χ4v) is 3.15. The van der Waals surface area contributed by atoms with Crippen molar-refractivity contribution < 1.29 is 9.47 Å². The molecule has 4 rings (SSSR count). The third-order valence-electron chi connectivity index (χ3n) is 3.74. The van der Waals surface area contributed by atoms with Crippen molar-refractivity contribution in [3.8, 4) is 22.9 Å². The zero-order chi connectivity index (χ0) is 16.2. The summed E-state index contributed by atoms with van der Waals surface area (Å²) in [5.74, 6) is 2.39. The first-order valence-electron chi connectivity index (χ1n) is 7.90. The minimum Gasteiger partial charge on any atom is -0.490 e. The van der Waals surface area contributed by atoms with E-state index in [9.17, 15) is 0 Å². The number of rotatable bonds is 4. The van der Waals surface area contributed by atoms with Gasteiger partial charge in [0, 0.05) is 35.6 Å². The van der Waals surface area contributed by atoms with E-state index >= 15 is 0 Å². The van der Waals surface area contributed by atoms with Gasteiger partial charge in [-0.3, -0.25) is 0 Å². The van der Waals surface area contributed by atoms with Crippen molar-refractivity contribution in [3.05, 3.63) is 54.1 Å². The van der Waals surface area contributed by atoms with E-state index in [1.165, 1.54) is 11.5 Å². The molecule has 0 atom stereocenters. The molecule has 2 heterocycles. The molecule has 0 fully saturated rings. The number of ether oxygens (including phenoxy) is 2. The van der Waals surface area contributed by atoms with Gasteiger partial charge in [-0.25, -0.2) is 0 Å². The van der Waals surface area contributed by atoms with Crippen LogP contribution >= 0.6 is 11.5 Å². The minimum atomic E-state index is 0.621. The first kappa shape index (κ1) is 15.0. The Balaban J connectivity index is 1.49. The largest absolute Gasteiger partial charge is 0.490 e. The van der Waals surface area contributed by atoms with Gasteiger partial charge in [0.1, 0.15) is 0 Å². The van der Waals surface area contributed by atoms with Gasteiger partial charge < -0.3 is 14.8 Å². The van der Waals surface area contributed by atoms with Crippen LogP contribution < -0.4 is 14.8 Å². The van der Waals surface area contributed by atoms with E-state index in [1.54, 1.807) is 0 Å². The molecular weight excluding hydrogens is 322 g/mol. The number of benzene rings is 2. The maximum absolute atomic E-state index is 5.84. The van der Waals surface area contributed by atoms with Gasteiger partial charge in [0.05, 0.1) is 13.2 Å². The zero-order valence-electron chi connectivity index (χ0n) is 13.1. The Morgan fingerprint density at radius 1 is 1.00 bits per heavy atom. The average molecular weight is 339 g/mol. The number of fused-ring (bicyclic) bond motifs is 1. The molecule has 24 heavy (non-hydrogen) atoms. The summed E-state index contributed by atoms with van der Waals surface area (Å²) in [6.45, 7) is 2.00. The molecule has 6 heteroatoms. The third kappa shape index (κ3) is 3.19. The highest BCUT2D eigenvalue weighted by molar-refractivity contribution is 7.09. The van der Waals surface area contributed by atoms with E-state index in [4.69, 9.17) is 9.47 Å². The fraction of sp³-hybridized carbons (Fsp3) is 0.222. The van der Waals surface area contributed by atoms with Crippen LogP contribution in [0.4, 0.5) is 5.13 Å². The van der Waals surface area contributed by atoms with Crippen molar-refractivity contribution in [3.63, 3.8) is 0 Å². The molecular formula is C18H17N3O2S. The first-order chi connectivity index (χ1) is 11.9. The van der Waals surface area contributed by atoms with Crippen LogP contribution in [-0.4, -0.2) is 22.6 Å². The predicted octanol–water partition coefficient (Wildman–Crippen LogP) is 3.98. The number of para-hydroxylation sites is 1. The molecule has 1 aromatic heterocycles. The molecule has 2 aromatic carbocycles. The van der Waals surface area contributed by atoms with Crippen LogP contribution in [0.25, 0.3) is 11.4 Å². The van der Waals surface area contributed by atoms with E-state index in [1.807, 2.05) is 48.5 Å². The highest BCUT2D eigenvalue weighted by atomic mass is 32.1. The van der Waals surface area contributed by atoms with Crippen LogP contribution in [0.2, 0.25) is 0 Å². The lowest BCUT2D eigenvalue weighted by Crippen LogP contribution is -2.03. The van der Waals surface area contributed by atoms with Crippen molar-refractivity contribution >= 4 is 16.7 Å². The molecule has 0 bridgehead atoms. The quantitative estimate of drug-likeness (QED) is 0.779. The molecule has 0 aliphatic carbocycles. The zero-order valence-corrected chi connectivity index (χ0v) is 13.9. The lowest BCUT2D eigenvalue weighted by molar-refractivity contribution is 0.296. The van der Waals surface area contributed by atoms with E-state index in [-0.39, 0.29) is 0 Å². The highest BCUT2D eigenvalue weighted by Crippen LogP contribution is 2.33. The van der Waals surface area contributed by atoms with Gasteiger partial charge in [-0.2, -0.15) is 9.36 Å². The Hall–Kier alpha value is -2.60. The molecule has 1 N–H and O–H groups in total. The summed E-state index contributed by atoms with van der Waals surface area (Å²) in [6.07, 6.45) is 0.901. The van der Waals surface area contributed by atoms with E-state index in [0.29, 0.717) is 19.8 Å². The monoisotopic (exact) mass is 339 g/mol. The summed E-state index contributed by atoms with van der Waals surface area (Å²) in [4.78, 5) is 4.55. The molecule has 0 amide bonds. The molecule has 122 valence electrons. The molecule has 5 nitrogen and oxygen atoms in total. The number of nitrogens with zero attached hydrogens (tertiary/aromatic N) is 2. The lowest BCUT2D eigenvalue weighted by Gasteiger charge is -2.12. The number of hydrogen-bond donors (Lipinski definition) is 1. The Morgan fingerprint density at radius 3 is 2.79 bits per heavy atom. The summed E-state index contributed by atoms with van der Waals surface area (Å²) in [5, 5.41) is 4.12. The molecule has 0 unspecified atom stereocenters. The van der Waals surface area contributed by atoms with Crippen LogP contribution in [0.3, 0.4) is 0 Å². The molecule has 0 saturated heterocycles. The van der Waals surface area contributed by atoms with Crippen molar-refractivity contribution in [1.82, 2.24) is 9.36 Å². The standard InChI is InChI=1S/C18H17N3O2S/c1-2-6-13(7-3-1)17-20-18(24-21-17)19-12-14-8-4-9-15-16(14)23-11-5-10-22-15/h1-4,6-9H,5,10-12H2,(H,19,20,21). The summed E-state index contributed by atoms with van der Waals surface area (Å²) >= 11 is 1.36. The van der Waals surface area contributed by atoms with Gasteiger partial charge in [0.15, 0.2) is 17.3 Å². The van der Waals surface area contributed by atoms with Gasteiger partial charge in [0.25, 0.3) is 0 Å². The maximum atomic E-state index is 5.84. The van der Waals surface area contributed by atoms with Crippen molar-refractivity contribution in [2.45, 2.75) is 13.0 Å². The summed E-state index contributed by atoms with van der Waals surface area (Å²) in [6, 6.07) is 15.9. The summed E-state index contributed by atoms with van der Waals surface area (Å²) in [5.41, 5.74) is 2.08. The molecule has 3 aromatic rings. The van der Waals surface area contributed by atoms with Crippen LogP contribution in [0, 0.1) is 0 Å². The average Bonchev–Trinajstić information content (AvgIpc) is 2.97. The van der Waals surface area contributed by atoms with Gasteiger partial charge in [-0.05, 0) is 6.07 Å². The number of nitrogens with one attached hydrogen (secondary N) is 1. The molecule has 1 aliphatic heterocycles. The molecule has 0 radical (unpaired) electrons. The second-order valence-corrected chi connectivity index (χ2v) is 6.19. The molecule has 0 spiro atoms. The lowest BCUT2D eigenvalue weighted by atomic mass is 10.2. The molecule has 1 aliphatic rings. The van der Waals surface area contributed by atoms with Crippen LogP contribution in [0.15, 0.2) is 48.5 Å². The number of hydrogen-bond acceptors (Lipinski definition) is 6. The third-order valence-corrected chi connectivity index (χ3v) is 4.41. The Morgan fingerprint density at radius 2 is 1.88 bits per heavy atom. The normalized spacial score (nSPS) is 13.3. The topological polar surface area (TPSA) is 56.3 Å². The Kier molecular flexibility index (Phi) is 4.29. The smallest absolute Gasteiger partial charge is 0.203 e. The maximum Gasteiger partial charge on any atom is 0.203 e. The van der Waals surface area contributed by atoms with Gasteiger partial charge in [0.2, 0.25) is 5.13 Å². The van der Waals surface area contributed by atoms with E-state index in [0.717, 1.165) is 40.0 Å². The minimum absolute atomic E-state index is 0.621. The highest BCUT2D eigenvalue weighted by Gasteiger charge is 2.15. The van der Waals surface area contributed by atoms with Crippen molar-refractivity contribution in [2.24, 2.45) is 0 Å². The first-order valence-corrected chi connectivity index (χ1v) is 8.68. The van der Waals surface area contributed by atoms with Crippen molar-refractivity contribution in [1.29, 1.82) is 0 Å². The number of aromatic nitrogens is 2. The Bertz CT molecular complexity index is 820. The van der Waals surface area contributed by atoms with E-state index in [2.05, 4.69) is 14.7 Å². The second kappa shape index (κ2) is 6.88. The van der Waals surface area contributed by atoms with E-state index < -0.39 is 0 Å². The van der Waals surface area contributed by atoms with Gasteiger partial charge >= 0.3 is 0 Å². The summed E-state index contributed by atoms with van der Waals surface area (Å²) in [7, 11) is 0. The van der Waals surface area contributed by atoms with Crippen molar-refractivity contribution in [2.75, 3.05) is 18.5 Å². The predicted molar refractivity (Wildman–Crippen MR) is 94.7 cm³/mol. The van der Waals surface area contributed by atoms with Gasteiger partial charge in [-0.15, -0.1) is 0 Å². The van der Waals surface area contributed by atoms with Gasteiger partial charge in [-0.1, -0.05) is 42.5 Å². The summed E-state index contributed by atoms with van der Waals surface area (Å²) < 4.78 is 16.0. The van der Waals surface area contributed by atoms with Crippen LogP contribution in [0.5, 0.6) is 11.5 Å². The Labute approximate surface area is 144 Å². The van der Waals surface area contributed by atoms with Crippen LogP contribution in [-0.2, 0) is 6.54 Å².